The maximum Gasteiger partial charge on any atom is 2.00 e. The number of aryl methyl sites for hydroxylation is 4. The van der Waals surface area contributed by atoms with Gasteiger partial charge in [-0.25, -0.2) is 4.70 Å². The van der Waals surface area contributed by atoms with E-state index in [1.807, 2.05) is 0 Å². The van der Waals surface area contributed by atoms with Crippen LogP contribution in [0.25, 0.3) is 16.9 Å². The Morgan fingerprint density at radius 1 is 0.281 bits per heavy atom. The van der Waals surface area contributed by atoms with Gasteiger partial charge in [0.15, 0.2) is 0 Å². The normalized spacial score (nSPS) is 12.0. The van der Waals surface area contributed by atoms with E-state index in [1.54, 1.807) is 4.70 Å². The molecule has 1 aliphatic heterocycles. The summed E-state index contributed by atoms with van der Waals surface area (Å²) in [5.74, 6) is 7.43. The molecule has 2 aromatic rings. The molecule has 0 unspecified atom stereocenters. The number of hydrogen-bond acceptors (Lipinski definition) is 0. The van der Waals surface area contributed by atoms with Gasteiger partial charge in [-0.1, -0.05) is 413 Å². The standard InChI is InChI=1S/C67H110N2.2C13H27.Pd/c1-7-13-18-21-22-23-24-25-26-27-28-29-30-31-32-33-34-35-36-37-38-39-40-41-42-43-46-51-65-64(12-6)66(62-54-58(47-16-10-4)52-60(56-62)49-44-19-14-8-2)69(68)67(65)63-55-59(48-17-11-5)53-61(57-63)50-45-20-15-9-3;2*1-3-5-7-9-11-13-12-10-8-6-4-2;/h52-57H,7-45,47-50H2,1-6H3;2*1,3-13H2,2H3;/q;2*-1;+2. The minimum Gasteiger partial charge on any atom is -0.493 e. The van der Waals surface area contributed by atoms with Crippen molar-refractivity contribution in [1.29, 1.82) is 0 Å². The maximum absolute atomic E-state index is 12.6. The molecule has 2 aromatic carbocycles. The van der Waals surface area contributed by atoms with E-state index in [1.165, 1.54) is 387 Å². The van der Waals surface area contributed by atoms with Crippen LogP contribution in [-0.2, 0) is 46.1 Å². The summed E-state index contributed by atoms with van der Waals surface area (Å²) in [6, 6.07) is 14.4. The van der Waals surface area contributed by atoms with E-state index in [9.17, 15) is 5.53 Å². The van der Waals surface area contributed by atoms with E-state index in [-0.39, 0.29) is 20.4 Å². The summed E-state index contributed by atoms with van der Waals surface area (Å²) < 4.78 is 1.57. The van der Waals surface area contributed by atoms with Crippen molar-refractivity contribution in [1.82, 2.24) is 0 Å². The Hall–Kier alpha value is -2.26. The minimum atomic E-state index is 0. The number of allylic oxidation sites excluding steroid dienone is 2. The van der Waals surface area contributed by atoms with E-state index >= 15 is 0 Å². The fourth-order valence-corrected chi connectivity index (χ4v) is 14.1. The molecular weight excluding hydrogens is 1250 g/mol. The van der Waals surface area contributed by atoms with Crippen LogP contribution < -0.4 is 0 Å². The first-order valence-corrected chi connectivity index (χ1v) is 43.1. The molecule has 0 radical (unpaired) electrons. The second kappa shape index (κ2) is 72.5. The predicted molar refractivity (Wildman–Crippen MR) is 431 cm³/mol. The van der Waals surface area contributed by atoms with Crippen LogP contribution in [0.5, 0.6) is 0 Å². The number of nitrogens with zero attached hydrogens (tertiary/aromatic N) is 2. The Morgan fingerprint density at radius 2 is 0.510 bits per heavy atom. The van der Waals surface area contributed by atoms with Gasteiger partial charge < -0.3 is 19.4 Å². The molecule has 0 aromatic heterocycles. The Labute approximate surface area is 617 Å². The molecule has 556 valence electrons. The second-order valence-corrected chi connectivity index (χ2v) is 29.7. The van der Waals surface area contributed by atoms with Crippen LogP contribution in [0.1, 0.15) is 480 Å². The largest absolute Gasteiger partial charge is 2.00 e. The van der Waals surface area contributed by atoms with Crippen LogP contribution in [0.3, 0.4) is 0 Å². The van der Waals surface area contributed by atoms with E-state index in [4.69, 9.17) is 0 Å². The van der Waals surface area contributed by atoms with Gasteiger partial charge in [0.05, 0.1) is 0 Å². The number of rotatable bonds is 64. The summed E-state index contributed by atoms with van der Waals surface area (Å²) in [6.07, 6.45) is 87.1. The molecule has 1 heterocycles. The Balaban J connectivity index is 0.00000277. The van der Waals surface area contributed by atoms with Crippen LogP contribution in [0.4, 0.5) is 0 Å². The van der Waals surface area contributed by atoms with Gasteiger partial charge in [-0.3, -0.25) is 0 Å². The zero-order valence-electron chi connectivity index (χ0n) is 66.1. The molecule has 96 heavy (non-hydrogen) atoms. The Morgan fingerprint density at radius 3 is 0.771 bits per heavy atom. The summed E-state index contributed by atoms with van der Waals surface area (Å²) in [5.41, 5.74) is 24.6. The smallest absolute Gasteiger partial charge is 0.493 e. The molecule has 3 heteroatoms. The quantitative estimate of drug-likeness (QED) is 0.0207. The molecular formula is C93H164N2Pd. The van der Waals surface area contributed by atoms with E-state index < -0.39 is 0 Å². The SMILES string of the molecule is CCCCCCCCCCCCCCCCCCCCCCCCCCCC#CC1=C(c2cc(CCCC)cc(CCCCCC)c2)[N+](=[N-])C(c2cc(CCCC)cc(CCCCCC)c2)=C1CC.[CH2-]CCCCCCCCCCCC.[CH2-]CCCCCCCCCCCC.[Pd+2]. The van der Waals surface area contributed by atoms with E-state index in [0.717, 1.165) is 85.9 Å². The predicted octanol–water partition coefficient (Wildman–Crippen LogP) is 32.6. The maximum atomic E-state index is 12.6. The summed E-state index contributed by atoms with van der Waals surface area (Å²) in [6.45, 7) is 26.0. The van der Waals surface area contributed by atoms with E-state index in [0.29, 0.717) is 0 Å². The Kier molecular flexibility index (Phi) is 70.8. The minimum absolute atomic E-state index is 0. The topological polar surface area (TPSA) is 25.3 Å². The van der Waals surface area contributed by atoms with Crippen molar-refractivity contribution in [3.63, 3.8) is 0 Å². The molecule has 3 rings (SSSR count). The first-order valence-electron chi connectivity index (χ1n) is 43.1. The van der Waals surface area contributed by atoms with Gasteiger partial charge in [0.2, 0.25) is 11.4 Å². The Bertz CT molecular complexity index is 2100. The average molecular weight is 1420 g/mol. The monoisotopic (exact) mass is 1420 g/mol. The van der Waals surface area contributed by atoms with Crippen LogP contribution in [0.2, 0.25) is 0 Å². The molecule has 0 aliphatic carbocycles. The van der Waals surface area contributed by atoms with Gasteiger partial charge in [-0.15, -0.1) is 0 Å². The first kappa shape index (κ1) is 93.7. The van der Waals surface area contributed by atoms with Gasteiger partial charge in [-0.2, -0.15) is 12.8 Å². The van der Waals surface area contributed by atoms with Gasteiger partial charge in [0.1, 0.15) is 5.57 Å². The van der Waals surface area contributed by atoms with Crippen molar-refractivity contribution < 1.29 is 25.1 Å². The molecule has 2 nitrogen and oxygen atoms in total. The van der Waals surface area contributed by atoms with Crippen molar-refractivity contribution >= 4 is 11.4 Å². The van der Waals surface area contributed by atoms with E-state index in [2.05, 4.69) is 117 Å². The van der Waals surface area contributed by atoms with Crippen molar-refractivity contribution in [2.24, 2.45) is 0 Å². The van der Waals surface area contributed by atoms with Crippen molar-refractivity contribution in [3.8, 4) is 11.8 Å². The fraction of sp³-hybridized carbons (Fsp3) is 0.785. The molecule has 0 spiro atoms. The fourth-order valence-electron chi connectivity index (χ4n) is 14.1. The van der Waals surface area contributed by atoms with Crippen molar-refractivity contribution in [2.45, 2.75) is 473 Å². The number of hydrogen-bond donors (Lipinski definition) is 0. The third kappa shape index (κ3) is 51.8. The van der Waals surface area contributed by atoms with Gasteiger partial charge >= 0.3 is 20.4 Å². The molecule has 0 amide bonds. The van der Waals surface area contributed by atoms with Gasteiger partial charge in [-0.05, 0) is 111 Å². The summed E-state index contributed by atoms with van der Waals surface area (Å²) in [5, 5.41) is 0. The third-order valence-corrected chi connectivity index (χ3v) is 20.4. The molecule has 0 N–H and O–H groups in total. The van der Waals surface area contributed by atoms with Gasteiger partial charge in [0, 0.05) is 23.1 Å². The van der Waals surface area contributed by atoms with Crippen LogP contribution in [-0.4, -0.2) is 4.70 Å². The first-order chi connectivity index (χ1) is 46.8. The number of benzene rings is 2. The average Bonchev–Trinajstić information content (AvgIpc) is 1.60. The van der Waals surface area contributed by atoms with Crippen molar-refractivity contribution in [2.75, 3.05) is 0 Å². The summed E-state index contributed by atoms with van der Waals surface area (Å²) in [4.78, 5) is 0. The second-order valence-electron chi connectivity index (χ2n) is 29.7. The molecule has 0 atom stereocenters. The van der Waals surface area contributed by atoms with Crippen LogP contribution in [0.15, 0.2) is 47.5 Å². The van der Waals surface area contributed by atoms with Crippen LogP contribution in [0, 0.1) is 25.7 Å². The number of unbranched alkanes of at least 4 members (excludes halogenated alkanes) is 53. The molecule has 0 fully saturated rings. The summed E-state index contributed by atoms with van der Waals surface area (Å²) >= 11 is 0. The molecule has 0 bridgehead atoms. The molecule has 0 saturated carbocycles. The molecule has 1 aliphatic rings. The zero-order chi connectivity index (χ0) is 69.0. The van der Waals surface area contributed by atoms with Crippen molar-refractivity contribution in [3.05, 3.63) is 100 Å². The third-order valence-electron chi connectivity index (χ3n) is 20.4. The summed E-state index contributed by atoms with van der Waals surface area (Å²) in [7, 11) is 0. The van der Waals surface area contributed by atoms with Crippen LogP contribution >= 0.6 is 0 Å². The molecule has 0 saturated heterocycles. The van der Waals surface area contributed by atoms with Gasteiger partial charge in [0.25, 0.3) is 0 Å². The zero-order valence-corrected chi connectivity index (χ0v) is 67.6.